The van der Waals surface area contributed by atoms with E-state index in [1.54, 1.807) is 36.4 Å². The minimum atomic E-state index is -0.469. The fraction of sp³-hybridized carbons (Fsp3) is 0. The normalized spacial score (nSPS) is 16.2. The average Bonchev–Trinajstić information content (AvgIpc) is 3.12. The summed E-state index contributed by atoms with van der Waals surface area (Å²) in [6.45, 7) is 0. The van der Waals surface area contributed by atoms with Gasteiger partial charge in [0.2, 0.25) is 0 Å². The fourth-order valence-corrected chi connectivity index (χ4v) is 3.21. The molecular weight excluding hydrogens is 356 g/mol. The SMILES string of the molecule is O=C(NN1C(=O)/C(=C\c2ccco2)SC1=S)c1cccc(Cl)c1. The van der Waals surface area contributed by atoms with Crippen molar-refractivity contribution in [1.29, 1.82) is 0 Å². The second-order valence-electron chi connectivity index (χ2n) is 4.48. The number of amides is 2. The van der Waals surface area contributed by atoms with Gasteiger partial charge in [0, 0.05) is 16.7 Å². The van der Waals surface area contributed by atoms with E-state index in [0.717, 1.165) is 16.8 Å². The van der Waals surface area contributed by atoms with E-state index in [2.05, 4.69) is 5.43 Å². The third-order valence-corrected chi connectivity index (χ3v) is 4.45. The van der Waals surface area contributed by atoms with Gasteiger partial charge in [-0.05, 0) is 42.5 Å². The number of hydrazine groups is 1. The lowest BCUT2D eigenvalue weighted by molar-refractivity contribution is -0.123. The van der Waals surface area contributed by atoms with E-state index in [9.17, 15) is 9.59 Å². The van der Waals surface area contributed by atoms with Crippen molar-refractivity contribution in [3.8, 4) is 0 Å². The average molecular weight is 365 g/mol. The second kappa shape index (κ2) is 6.57. The van der Waals surface area contributed by atoms with Crippen LogP contribution in [0.5, 0.6) is 0 Å². The van der Waals surface area contributed by atoms with E-state index in [0.29, 0.717) is 21.3 Å². The number of thioether (sulfide) groups is 1. The summed E-state index contributed by atoms with van der Waals surface area (Å²) >= 11 is 12.1. The van der Waals surface area contributed by atoms with Crippen molar-refractivity contribution in [2.24, 2.45) is 0 Å². The summed E-state index contributed by atoms with van der Waals surface area (Å²) in [6, 6.07) is 9.85. The molecular formula is C15H9ClN2O3S2. The molecule has 1 aliphatic heterocycles. The second-order valence-corrected chi connectivity index (χ2v) is 6.60. The number of hydrogen-bond acceptors (Lipinski definition) is 5. The number of hydrogen-bond donors (Lipinski definition) is 1. The lowest BCUT2D eigenvalue weighted by Gasteiger charge is -2.15. The summed E-state index contributed by atoms with van der Waals surface area (Å²) in [5, 5.41) is 1.47. The van der Waals surface area contributed by atoms with Crippen LogP contribution in [0.1, 0.15) is 16.1 Å². The predicted molar refractivity (Wildman–Crippen MR) is 92.6 cm³/mol. The molecule has 3 rings (SSSR count). The van der Waals surface area contributed by atoms with Crippen molar-refractivity contribution >= 4 is 57.8 Å². The van der Waals surface area contributed by atoms with Crippen LogP contribution in [-0.2, 0) is 4.79 Å². The Morgan fingerprint density at radius 1 is 1.35 bits per heavy atom. The lowest BCUT2D eigenvalue weighted by atomic mass is 10.2. The van der Waals surface area contributed by atoms with Gasteiger partial charge in [0.15, 0.2) is 4.32 Å². The molecule has 0 saturated carbocycles. The standard InChI is InChI=1S/C15H9ClN2O3S2/c16-10-4-1-3-9(7-10)13(19)17-18-14(20)12(23-15(18)22)8-11-5-2-6-21-11/h1-8H,(H,17,19)/b12-8+. The van der Waals surface area contributed by atoms with E-state index < -0.39 is 11.8 Å². The van der Waals surface area contributed by atoms with Gasteiger partial charge in [-0.3, -0.25) is 15.0 Å². The van der Waals surface area contributed by atoms with Gasteiger partial charge in [-0.15, -0.1) is 0 Å². The molecule has 116 valence electrons. The molecule has 1 aliphatic rings. The minimum absolute atomic E-state index is 0.239. The maximum absolute atomic E-state index is 12.3. The molecule has 0 atom stereocenters. The summed E-state index contributed by atoms with van der Waals surface area (Å²) in [6.07, 6.45) is 3.08. The molecule has 0 bridgehead atoms. The van der Waals surface area contributed by atoms with Gasteiger partial charge in [-0.1, -0.05) is 29.4 Å². The summed E-state index contributed by atoms with van der Waals surface area (Å²) < 4.78 is 5.41. The first kappa shape index (κ1) is 15.8. The quantitative estimate of drug-likeness (QED) is 0.667. The van der Waals surface area contributed by atoms with Gasteiger partial charge in [0.1, 0.15) is 5.76 Å². The first-order valence-corrected chi connectivity index (χ1v) is 8.03. The summed E-state index contributed by atoms with van der Waals surface area (Å²) in [5.74, 6) is -0.346. The van der Waals surface area contributed by atoms with Crippen LogP contribution in [-0.4, -0.2) is 21.1 Å². The molecule has 0 aliphatic carbocycles. The molecule has 5 nitrogen and oxygen atoms in total. The van der Waals surface area contributed by atoms with Gasteiger partial charge in [0.05, 0.1) is 11.2 Å². The molecule has 1 aromatic heterocycles. The summed E-state index contributed by atoms with van der Waals surface area (Å²) in [4.78, 5) is 24.9. The Morgan fingerprint density at radius 3 is 2.87 bits per heavy atom. The molecule has 0 spiro atoms. The zero-order valence-corrected chi connectivity index (χ0v) is 13.9. The molecule has 1 N–H and O–H groups in total. The van der Waals surface area contributed by atoms with Crippen LogP contribution >= 0.6 is 35.6 Å². The molecule has 8 heteroatoms. The highest BCUT2D eigenvalue weighted by molar-refractivity contribution is 8.26. The maximum atomic E-state index is 12.3. The Balaban J connectivity index is 1.77. The van der Waals surface area contributed by atoms with Crippen molar-refractivity contribution in [3.05, 3.63) is 63.9 Å². The lowest BCUT2D eigenvalue weighted by Crippen LogP contribution is -2.44. The molecule has 1 saturated heterocycles. The summed E-state index contributed by atoms with van der Waals surface area (Å²) in [7, 11) is 0. The van der Waals surface area contributed by atoms with Crippen molar-refractivity contribution in [2.75, 3.05) is 0 Å². The zero-order chi connectivity index (χ0) is 16.4. The number of benzene rings is 1. The number of carbonyl (C=O) groups excluding carboxylic acids is 2. The van der Waals surface area contributed by atoms with E-state index >= 15 is 0 Å². The summed E-state index contributed by atoms with van der Waals surface area (Å²) in [5.41, 5.74) is 2.82. The van der Waals surface area contributed by atoms with Crippen LogP contribution < -0.4 is 5.43 Å². The van der Waals surface area contributed by atoms with Crippen LogP contribution in [0, 0.1) is 0 Å². The third-order valence-electron chi connectivity index (χ3n) is 2.91. The monoisotopic (exact) mass is 364 g/mol. The van der Waals surface area contributed by atoms with E-state index in [-0.39, 0.29) is 4.32 Å². The molecule has 2 heterocycles. The molecule has 23 heavy (non-hydrogen) atoms. The molecule has 1 fully saturated rings. The largest absolute Gasteiger partial charge is 0.465 e. The van der Waals surface area contributed by atoms with Gasteiger partial charge >= 0.3 is 0 Å². The highest BCUT2D eigenvalue weighted by Gasteiger charge is 2.34. The van der Waals surface area contributed by atoms with Crippen LogP contribution in [0.15, 0.2) is 52.0 Å². The van der Waals surface area contributed by atoms with Crippen LogP contribution in [0.25, 0.3) is 6.08 Å². The van der Waals surface area contributed by atoms with E-state index in [1.165, 1.54) is 12.3 Å². The Bertz CT molecular complexity index is 818. The number of thiocarbonyl (C=S) groups is 1. The Kier molecular flexibility index (Phi) is 4.51. The van der Waals surface area contributed by atoms with Crippen molar-refractivity contribution in [1.82, 2.24) is 10.4 Å². The maximum Gasteiger partial charge on any atom is 0.285 e. The van der Waals surface area contributed by atoms with Gasteiger partial charge in [-0.2, -0.15) is 5.01 Å². The first-order chi connectivity index (χ1) is 11.0. The van der Waals surface area contributed by atoms with Gasteiger partial charge in [-0.25, -0.2) is 0 Å². The molecule has 1 aromatic carbocycles. The number of nitrogens with one attached hydrogen (secondary N) is 1. The van der Waals surface area contributed by atoms with Crippen molar-refractivity contribution < 1.29 is 14.0 Å². The Morgan fingerprint density at radius 2 is 2.17 bits per heavy atom. The predicted octanol–water partition coefficient (Wildman–Crippen LogP) is 3.48. The fourth-order valence-electron chi connectivity index (χ4n) is 1.86. The van der Waals surface area contributed by atoms with Crippen LogP contribution in [0.4, 0.5) is 0 Å². The highest BCUT2D eigenvalue weighted by Crippen LogP contribution is 2.31. The number of carbonyl (C=O) groups is 2. The Labute approximate surface area is 146 Å². The molecule has 0 radical (unpaired) electrons. The number of rotatable bonds is 3. The molecule has 0 unspecified atom stereocenters. The zero-order valence-electron chi connectivity index (χ0n) is 11.5. The molecule has 2 aromatic rings. The first-order valence-electron chi connectivity index (χ1n) is 6.42. The number of halogens is 1. The number of nitrogens with zero attached hydrogens (tertiary/aromatic N) is 1. The van der Waals surface area contributed by atoms with Crippen LogP contribution in [0.2, 0.25) is 5.02 Å². The van der Waals surface area contributed by atoms with Gasteiger partial charge in [0.25, 0.3) is 11.8 Å². The van der Waals surface area contributed by atoms with Crippen LogP contribution in [0.3, 0.4) is 0 Å². The topological polar surface area (TPSA) is 62.6 Å². The third kappa shape index (κ3) is 3.47. The van der Waals surface area contributed by atoms with Gasteiger partial charge < -0.3 is 4.42 Å². The Hall–Kier alpha value is -2.09. The van der Waals surface area contributed by atoms with Crippen molar-refractivity contribution in [3.63, 3.8) is 0 Å². The smallest absolute Gasteiger partial charge is 0.285 e. The minimum Gasteiger partial charge on any atom is -0.465 e. The highest BCUT2D eigenvalue weighted by atomic mass is 35.5. The molecule has 2 amide bonds. The van der Waals surface area contributed by atoms with E-state index in [4.69, 9.17) is 28.2 Å². The number of furan rings is 1. The van der Waals surface area contributed by atoms with E-state index in [1.807, 2.05) is 0 Å². The van der Waals surface area contributed by atoms with Crippen molar-refractivity contribution in [2.45, 2.75) is 0 Å².